The lowest BCUT2D eigenvalue weighted by Crippen LogP contribution is -2.38. The normalized spacial score (nSPS) is 19.2. The molecule has 1 aliphatic rings. The molecule has 0 saturated carbocycles. The van der Waals surface area contributed by atoms with Gasteiger partial charge in [-0.25, -0.2) is 18.1 Å². The largest absolute Gasteiger partial charge is 0.377 e. The van der Waals surface area contributed by atoms with Crippen molar-refractivity contribution >= 4 is 27.5 Å². The van der Waals surface area contributed by atoms with Crippen LogP contribution in [0.5, 0.6) is 0 Å². The maximum Gasteiger partial charge on any atom is 0.264 e. The van der Waals surface area contributed by atoms with E-state index in [0.717, 1.165) is 12.8 Å². The number of carbonyl (C=O) groups is 1. The molecule has 0 radical (unpaired) electrons. The first-order valence-corrected chi connectivity index (χ1v) is 8.69. The van der Waals surface area contributed by atoms with Gasteiger partial charge in [-0.2, -0.15) is 0 Å². The molecule has 2 heterocycles. The van der Waals surface area contributed by atoms with Gasteiger partial charge in [0.15, 0.2) is 0 Å². The van der Waals surface area contributed by atoms with Crippen LogP contribution in [0, 0.1) is 6.92 Å². The van der Waals surface area contributed by atoms with E-state index in [1.165, 1.54) is 12.1 Å². The van der Waals surface area contributed by atoms with Crippen LogP contribution in [0.3, 0.4) is 0 Å². The summed E-state index contributed by atoms with van der Waals surface area (Å²) in [5.41, 5.74) is 0.710. The van der Waals surface area contributed by atoms with Crippen LogP contribution in [-0.2, 0) is 14.8 Å². The molecule has 1 saturated heterocycles. The highest BCUT2D eigenvalue weighted by Gasteiger charge is 2.24. The van der Waals surface area contributed by atoms with Crippen LogP contribution in [0.25, 0.3) is 0 Å². The Hall–Kier alpha value is -1.18. The molecule has 21 heavy (non-hydrogen) atoms. The molecule has 1 amide bonds. The molecule has 0 aliphatic carbocycles. The van der Waals surface area contributed by atoms with Crippen molar-refractivity contribution in [1.82, 2.24) is 9.71 Å². The Kier molecular flexibility index (Phi) is 5.18. The molecule has 6 nitrogen and oxygen atoms in total. The summed E-state index contributed by atoms with van der Waals surface area (Å²) in [6.45, 7) is 2.24. The first-order valence-electron chi connectivity index (χ1n) is 6.66. The molecule has 0 spiro atoms. The zero-order valence-electron chi connectivity index (χ0n) is 11.6. The van der Waals surface area contributed by atoms with Crippen molar-refractivity contribution in [1.29, 1.82) is 0 Å². The maximum absolute atomic E-state index is 12.0. The quantitative estimate of drug-likeness (QED) is 0.848. The lowest BCUT2D eigenvalue weighted by Gasteiger charge is -2.22. The lowest BCUT2D eigenvalue weighted by atomic mass is 10.1. The molecular formula is C13H17ClN2O4S. The molecule has 2 rings (SSSR count). The summed E-state index contributed by atoms with van der Waals surface area (Å²) in [7, 11) is -3.74. The zero-order chi connectivity index (χ0) is 15.5. The van der Waals surface area contributed by atoms with E-state index in [2.05, 4.69) is 4.98 Å². The van der Waals surface area contributed by atoms with E-state index in [1.54, 1.807) is 6.92 Å². The van der Waals surface area contributed by atoms with Gasteiger partial charge in [0, 0.05) is 17.9 Å². The number of amides is 1. The van der Waals surface area contributed by atoms with Crippen molar-refractivity contribution in [3.05, 3.63) is 28.5 Å². The molecule has 0 aromatic carbocycles. The highest BCUT2D eigenvalue weighted by atomic mass is 35.5. The lowest BCUT2D eigenvalue weighted by molar-refractivity contribution is 0.0304. The summed E-state index contributed by atoms with van der Waals surface area (Å²) in [5.74, 6) is -0.922. The van der Waals surface area contributed by atoms with E-state index < -0.39 is 15.9 Å². The molecule has 1 aromatic heterocycles. The Morgan fingerprint density at radius 1 is 1.48 bits per heavy atom. The number of sulfonamides is 1. The highest BCUT2D eigenvalue weighted by Crippen LogP contribution is 2.15. The van der Waals surface area contributed by atoms with Crippen LogP contribution in [0.2, 0.25) is 5.15 Å². The Morgan fingerprint density at radius 3 is 2.86 bits per heavy atom. The third-order valence-corrected chi connectivity index (χ3v) is 4.61. The summed E-state index contributed by atoms with van der Waals surface area (Å²) in [6.07, 6.45) is 2.21. The fourth-order valence-corrected chi connectivity index (χ4v) is 3.67. The van der Waals surface area contributed by atoms with Crippen molar-refractivity contribution in [3.63, 3.8) is 0 Å². The predicted molar refractivity (Wildman–Crippen MR) is 78.8 cm³/mol. The Bertz CT molecular complexity index is 607. The van der Waals surface area contributed by atoms with Gasteiger partial charge in [0.25, 0.3) is 5.91 Å². The molecule has 8 heteroatoms. The summed E-state index contributed by atoms with van der Waals surface area (Å²) in [4.78, 5) is 15.9. The Balaban J connectivity index is 2.03. The number of nitrogens with one attached hydrogen (secondary N) is 1. The summed E-state index contributed by atoms with van der Waals surface area (Å²) < 4.78 is 31.4. The highest BCUT2D eigenvalue weighted by molar-refractivity contribution is 7.90. The average molecular weight is 333 g/mol. The summed E-state index contributed by atoms with van der Waals surface area (Å²) in [5, 5.41) is 0.146. The number of halogens is 1. The molecule has 0 unspecified atom stereocenters. The SMILES string of the molecule is Cc1cc(C(=O)NS(=O)(=O)C[C@@H]2CCCCO2)cc(Cl)n1. The minimum atomic E-state index is -3.74. The van der Waals surface area contributed by atoms with Gasteiger partial charge < -0.3 is 4.74 Å². The van der Waals surface area contributed by atoms with Crippen LogP contribution in [0.1, 0.15) is 35.3 Å². The van der Waals surface area contributed by atoms with Gasteiger partial charge in [0.2, 0.25) is 10.0 Å². The molecule has 1 N–H and O–H groups in total. The fraction of sp³-hybridized carbons (Fsp3) is 0.538. The van der Waals surface area contributed by atoms with Gasteiger partial charge in [-0.15, -0.1) is 0 Å². The second kappa shape index (κ2) is 6.72. The third kappa shape index (κ3) is 4.94. The Labute approximate surface area is 128 Å². The van der Waals surface area contributed by atoms with Gasteiger partial charge in [-0.05, 0) is 38.3 Å². The summed E-state index contributed by atoms with van der Waals surface area (Å²) >= 11 is 5.76. The van der Waals surface area contributed by atoms with Crippen molar-refractivity contribution in [2.24, 2.45) is 0 Å². The van der Waals surface area contributed by atoms with Crippen LogP contribution in [0.4, 0.5) is 0 Å². The van der Waals surface area contributed by atoms with E-state index in [0.29, 0.717) is 18.7 Å². The number of hydrogen-bond donors (Lipinski definition) is 1. The number of aromatic nitrogens is 1. The second-order valence-corrected chi connectivity index (χ2v) is 7.18. The van der Waals surface area contributed by atoms with Crippen molar-refractivity contribution in [3.8, 4) is 0 Å². The van der Waals surface area contributed by atoms with E-state index in [1.807, 2.05) is 4.72 Å². The number of pyridine rings is 1. The van der Waals surface area contributed by atoms with E-state index in [4.69, 9.17) is 16.3 Å². The van der Waals surface area contributed by atoms with Crippen molar-refractivity contribution in [2.75, 3.05) is 12.4 Å². The average Bonchev–Trinajstić information content (AvgIpc) is 2.37. The van der Waals surface area contributed by atoms with Crippen LogP contribution in [-0.4, -0.2) is 37.8 Å². The second-order valence-electron chi connectivity index (χ2n) is 5.02. The topological polar surface area (TPSA) is 85.4 Å². The van der Waals surface area contributed by atoms with E-state index >= 15 is 0 Å². The number of carbonyl (C=O) groups excluding carboxylic acids is 1. The van der Waals surface area contributed by atoms with Gasteiger partial charge in [-0.1, -0.05) is 11.6 Å². The molecule has 1 aliphatic heterocycles. The minimum absolute atomic E-state index is 0.146. The standard InChI is InChI=1S/C13H17ClN2O4S/c1-9-6-10(7-12(14)15-9)13(17)16-21(18,19)8-11-4-2-3-5-20-11/h6-7,11H,2-5,8H2,1H3,(H,16,17)/t11-/m0/s1. The number of nitrogens with zero attached hydrogens (tertiary/aromatic N) is 1. The summed E-state index contributed by atoms with van der Waals surface area (Å²) in [6, 6.07) is 2.81. The molecular weight excluding hydrogens is 316 g/mol. The number of rotatable bonds is 4. The van der Waals surface area contributed by atoms with Crippen molar-refractivity contribution in [2.45, 2.75) is 32.3 Å². The third-order valence-electron chi connectivity index (χ3n) is 3.11. The van der Waals surface area contributed by atoms with Crippen molar-refractivity contribution < 1.29 is 17.9 Å². The van der Waals surface area contributed by atoms with Gasteiger partial charge >= 0.3 is 0 Å². The maximum atomic E-state index is 12.0. The molecule has 0 bridgehead atoms. The Morgan fingerprint density at radius 2 is 2.24 bits per heavy atom. The first-order chi connectivity index (χ1) is 9.85. The van der Waals surface area contributed by atoms with Gasteiger partial charge in [-0.3, -0.25) is 4.79 Å². The van der Waals surface area contributed by atoms with E-state index in [-0.39, 0.29) is 22.6 Å². The van der Waals surface area contributed by atoms with Crippen LogP contribution < -0.4 is 4.72 Å². The number of hydrogen-bond acceptors (Lipinski definition) is 5. The van der Waals surface area contributed by atoms with Gasteiger partial charge in [0.05, 0.1) is 11.9 Å². The predicted octanol–water partition coefficient (Wildman–Crippen LogP) is 1.67. The fourth-order valence-electron chi connectivity index (χ4n) is 2.18. The smallest absolute Gasteiger partial charge is 0.264 e. The van der Waals surface area contributed by atoms with Crippen LogP contribution in [0.15, 0.2) is 12.1 Å². The number of aryl methyl sites for hydroxylation is 1. The molecule has 1 aromatic rings. The molecule has 1 fully saturated rings. The first kappa shape index (κ1) is 16.2. The van der Waals surface area contributed by atoms with Crippen LogP contribution >= 0.6 is 11.6 Å². The minimum Gasteiger partial charge on any atom is -0.377 e. The molecule has 1 atom stereocenters. The zero-order valence-corrected chi connectivity index (χ0v) is 13.2. The monoisotopic (exact) mass is 332 g/mol. The van der Waals surface area contributed by atoms with E-state index in [9.17, 15) is 13.2 Å². The number of ether oxygens (including phenoxy) is 1. The molecule has 116 valence electrons. The van der Waals surface area contributed by atoms with Gasteiger partial charge in [0.1, 0.15) is 5.15 Å².